The van der Waals surface area contributed by atoms with E-state index in [9.17, 15) is 4.79 Å². The van der Waals surface area contributed by atoms with E-state index in [0.717, 1.165) is 0 Å². The van der Waals surface area contributed by atoms with Crippen LogP contribution in [0.25, 0.3) is 0 Å². The second-order valence-electron chi connectivity index (χ2n) is 3.51. The minimum atomic E-state index is -0.410. The number of nitrogens with two attached hydrogens (primary N) is 2. The quantitative estimate of drug-likeness (QED) is 0.480. The van der Waals surface area contributed by atoms with Gasteiger partial charge in [-0.1, -0.05) is 23.2 Å². The van der Waals surface area contributed by atoms with Crippen LogP contribution in [0.1, 0.15) is 13.3 Å². The van der Waals surface area contributed by atoms with Crippen LogP contribution in [0.3, 0.4) is 0 Å². The fraction of sp³-hybridized carbons (Fsp3) is 0.333. The van der Waals surface area contributed by atoms with Gasteiger partial charge >= 0.3 is 0 Å². The number of rotatable bonds is 5. The SMILES string of the molecule is CC(CC(N)=O)Nc1nc(NN)c(Cl)cc1Cl. The van der Waals surface area contributed by atoms with Crippen LogP contribution in [0.4, 0.5) is 11.6 Å². The van der Waals surface area contributed by atoms with Crippen molar-refractivity contribution in [2.45, 2.75) is 19.4 Å². The van der Waals surface area contributed by atoms with Crippen molar-refractivity contribution in [1.82, 2.24) is 4.98 Å². The highest BCUT2D eigenvalue weighted by Gasteiger charge is 2.12. The summed E-state index contributed by atoms with van der Waals surface area (Å²) in [6.07, 6.45) is 0.173. The van der Waals surface area contributed by atoms with Gasteiger partial charge in [-0.3, -0.25) is 4.79 Å². The molecule has 0 bridgehead atoms. The lowest BCUT2D eigenvalue weighted by Crippen LogP contribution is -2.24. The summed E-state index contributed by atoms with van der Waals surface area (Å²) < 4.78 is 0. The van der Waals surface area contributed by atoms with Gasteiger partial charge in [0.1, 0.15) is 5.82 Å². The number of carbonyl (C=O) groups is 1. The first-order valence-corrected chi connectivity index (χ1v) is 5.57. The van der Waals surface area contributed by atoms with Gasteiger partial charge in [-0.15, -0.1) is 0 Å². The van der Waals surface area contributed by atoms with Crippen molar-refractivity contribution in [3.63, 3.8) is 0 Å². The monoisotopic (exact) mass is 277 g/mol. The van der Waals surface area contributed by atoms with Gasteiger partial charge in [0.05, 0.1) is 10.0 Å². The molecule has 0 fully saturated rings. The van der Waals surface area contributed by atoms with E-state index in [1.165, 1.54) is 6.07 Å². The van der Waals surface area contributed by atoms with Crippen LogP contribution in [0.5, 0.6) is 0 Å². The lowest BCUT2D eigenvalue weighted by atomic mass is 10.2. The molecule has 0 aliphatic heterocycles. The molecule has 17 heavy (non-hydrogen) atoms. The molecule has 0 aliphatic carbocycles. The van der Waals surface area contributed by atoms with Crippen LogP contribution in [-0.2, 0) is 4.79 Å². The highest BCUT2D eigenvalue weighted by molar-refractivity contribution is 6.37. The fourth-order valence-corrected chi connectivity index (χ4v) is 1.72. The largest absolute Gasteiger partial charge is 0.370 e. The van der Waals surface area contributed by atoms with Crippen molar-refractivity contribution in [2.24, 2.45) is 11.6 Å². The standard InChI is InChI=1S/C9H13Cl2N5O/c1-4(2-7(12)17)14-8-5(10)3-6(11)9(15-8)16-13/h3-4H,2,13H2,1H3,(H2,12,17)(H2,14,15,16). The van der Waals surface area contributed by atoms with Crippen LogP contribution in [0.15, 0.2) is 6.07 Å². The molecule has 1 aromatic heterocycles. The predicted octanol–water partition coefficient (Wildman–Crippen LogP) is 1.35. The highest BCUT2D eigenvalue weighted by atomic mass is 35.5. The summed E-state index contributed by atoms with van der Waals surface area (Å²) in [5.41, 5.74) is 7.42. The number of aromatic nitrogens is 1. The van der Waals surface area contributed by atoms with Crippen molar-refractivity contribution >= 4 is 40.7 Å². The van der Waals surface area contributed by atoms with E-state index in [1.54, 1.807) is 6.92 Å². The Labute approximate surface area is 109 Å². The molecule has 94 valence electrons. The third-order valence-corrected chi connectivity index (χ3v) is 2.53. The number of carbonyl (C=O) groups excluding carboxylic acids is 1. The number of hydrogen-bond donors (Lipinski definition) is 4. The van der Waals surface area contributed by atoms with E-state index < -0.39 is 5.91 Å². The highest BCUT2D eigenvalue weighted by Crippen LogP contribution is 2.29. The van der Waals surface area contributed by atoms with Gasteiger partial charge < -0.3 is 16.5 Å². The maximum absolute atomic E-state index is 10.7. The zero-order valence-electron chi connectivity index (χ0n) is 9.13. The molecule has 0 radical (unpaired) electrons. The molecule has 1 heterocycles. The number of hydrogen-bond acceptors (Lipinski definition) is 5. The normalized spacial score (nSPS) is 12.0. The van der Waals surface area contributed by atoms with Crippen molar-refractivity contribution in [3.05, 3.63) is 16.1 Å². The number of nitrogens with zero attached hydrogens (tertiary/aromatic N) is 1. The average molecular weight is 278 g/mol. The second-order valence-corrected chi connectivity index (χ2v) is 4.32. The second kappa shape index (κ2) is 5.90. The summed E-state index contributed by atoms with van der Waals surface area (Å²) in [5.74, 6) is 5.51. The predicted molar refractivity (Wildman–Crippen MR) is 69.0 cm³/mol. The van der Waals surface area contributed by atoms with Gasteiger partial charge in [0.15, 0.2) is 5.82 Å². The minimum Gasteiger partial charge on any atom is -0.370 e. The fourth-order valence-electron chi connectivity index (χ4n) is 1.26. The molecule has 1 aromatic rings. The molecule has 6 N–H and O–H groups in total. The Morgan fingerprint density at radius 2 is 2.06 bits per heavy atom. The molecule has 1 atom stereocenters. The Kier molecular flexibility index (Phi) is 4.80. The van der Waals surface area contributed by atoms with E-state index in [2.05, 4.69) is 15.7 Å². The van der Waals surface area contributed by atoms with Crippen LogP contribution in [-0.4, -0.2) is 16.9 Å². The number of primary amides is 1. The van der Waals surface area contributed by atoms with Crippen molar-refractivity contribution in [1.29, 1.82) is 0 Å². The maximum Gasteiger partial charge on any atom is 0.219 e. The van der Waals surface area contributed by atoms with E-state index >= 15 is 0 Å². The molecule has 0 saturated carbocycles. The zero-order valence-corrected chi connectivity index (χ0v) is 10.6. The molecule has 1 amide bonds. The molecule has 1 rings (SSSR count). The number of pyridine rings is 1. The number of amides is 1. The molecule has 0 aromatic carbocycles. The zero-order chi connectivity index (χ0) is 13.0. The Bertz CT molecular complexity index is 426. The van der Waals surface area contributed by atoms with Crippen molar-refractivity contribution in [2.75, 3.05) is 10.7 Å². The third kappa shape index (κ3) is 3.92. The summed E-state index contributed by atoms with van der Waals surface area (Å²) in [6.45, 7) is 1.78. The van der Waals surface area contributed by atoms with Gasteiger partial charge in [0, 0.05) is 12.5 Å². The van der Waals surface area contributed by atoms with Crippen LogP contribution >= 0.6 is 23.2 Å². The third-order valence-electron chi connectivity index (χ3n) is 1.96. The number of halogens is 2. The number of anilines is 2. The summed E-state index contributed by atoms with van der Waals surface area (Å²) >= 11 is 11.8. The van der Waals surface area contributed by atoms with E-state index in [0.29, 0.717) is 21.7 Å². The molecule has 1 unspecified atom stereocenters. The van der Waals surface area contributed by atoms with Gasteiger partial charge in [-0.2, -0.15) is 0 Å². The summed E-state index contributed by atoms with van der Waals surface area (Å²) in [7, 11) is 0. The van der Waals surface area contributed by atoms with Gasteiger partial charge in [-0.25, -0.2) is 10.8 Å². The first-order chi connectivity index (χ1) is 7.93. The van der Waals surface area contributed by atoms with E-state index in [1.807, 2.05) is 0 Å². The average Bonchev–Trinajstić information content (AvgIpc) is 2.20. The van der Waals surface area contributed by atoms with E-state index in [-0.39, 0.29) is 12.5 Å². The molecular weight excluding hydrogens is 265 g/mol. The summed E-state index contributed by atoms with van der Waals surface area (Å²) in [6, 6.07) is 1.31. The van der Waals surface area contributed by atoms with Gasteiger partial charge in [0.2, 0.25) is 5.91 Å². The maximum atomic E-state index is 10.7. The van der Waals surface area contributed by atoms with E-state index in [4.69, 9.17) is 34.8 Å². The van der Waals surface area contributed by atoms with Gasteiger partial charge in [0.25, 0.3) is 0 Å². The molecule has 0 aliphatic rings. The first-order valence-electron chi connectivity index (χ1n) is 4.81. The molecule has 0 spiro atoms. The number of nitrogen functional groups attached to an aromatic ring is 1. The summed E-state index contributed by atoms with van der Waals surface area (Å²) in [5, 5.41) is 3.59. The van der Waals surface area contributed by atoms with Gasteiger partial charge in [-0.05, 0) is 13.0 Å². The molecular formula is C9H13Cl2N5O. The Hall–Kier alpha value is -1.24. The van der Waals surface area contributed by atoms with Crippen molar-refractivity contribution < 1.29 is 4.79 Å². The van der Waals surface area contributed by atoms with Crippen molar-refractivity contribution in [3.8, 4) is 0 Å². The van der Waals surface area contributed by atoms with Crippen LogP contribution in [0, 0.1) is 0 Å². The summed E-state index contributed by atoms with van der Waals surface area (Å²) in [4.78, 5) is 14.8. The number of hydrazine groups is 1. The Morgan fingerprint density at radius 3 is 2.59 bits per heavy atom. The molecule has 8 heteroatoms. The topological polar surface area (TPSA) is 106 Å². The smallest absolute Gasteiger partial charge is 0.219 e. The first kappa shape index (κ1) is 13.8. The minimum absolute atomic E-state index is 0.173. The Balaban J connectivity index is 2.87. The Morgan fingerprint density at radius 1 is 1.47 bits per heavy atom. The lowest BCUT2D eigenvalue weighted by molar-refractivity contribution is -0.118. The molecule has 6 nitrogen and oxygen atoms in total. The van der Waals surface area contributed by atoms with Crippen LogP contribution in [0.2, 0.25) is 10.0 Å². The lowest BCUT2D eigenvalue weighted by Gasteiger charge is -2.15. The number of nitrogens with one attached hydrogen (secondary N) is 2. The van der Waals surface area contributed by atoms with Crippen LogP contribution < -0.4 is 22.3 Å². The molecule has 0 saturated heterocycles.